The quantitative estimate of drug-likeness (QED) is 0.518. The lowest BCUT2D eigenvalue weighted by molar-refractivity contribution is 0.0482. The Morgan fingerprint density at radius 3 is 2.44 bits per heavy atom. The second-order valence-corrected chi connectivity index (χ2v) is 6.78. The molecule has 0 bridgehead atoms. The molecule has 0 spiro atoms. The fourth-order valence-electron chi connectivity index (χ4n) is 1.55. The van der Waals surface area contributed by atoms with Gasteiger partial charge in [-0.2, -0.15) is 11.4 Å². The summed E-state index contributed by atoms with van der Waals surface area (Å²) in [7, 11) is 0. The van der Waals surface area contributed by atoms with E-state index in [4.69, 9.17) is 9.84 Å². The van der Waals surface area contributed by atoms with Crippen molar-refractivity contribution in [3.63, 3.8) is 0 Å². The topological polar surface area (TPSA) is 58.6 Å². The van der Waals surface area contributed by atoms with E-state index >= 15 is 0 Å². The number of hydrogen-bond acceptors (Lipinski definition) is 2. The third kappa shape index (κ3) is 4.99. The SMILES string of the molecule is CC(O)=[SH]C1CC(NC(=O)OC(C)(C)C)C1. The van der Waals surface area contributed by atoms with Crippen molar-refractivity contribution < 1.29 is 14.6 Å². The van der Waals surface area contributed by atoms with Crippen LogP contribution in [0.25, 0.3) is 0 Å². The zero-order valence-corrected chi connectivity index (χ0v) is 11.2. The van der Waals surface area contributed by atoms with E-state index in [0.29, 0.717) is 10.3 Å². The molecule has 1 aliphatic rings. The van der Waals surface area contributed by atoms with Crippen LogP contribution in [0.4, 0.5) is 4.79 Å². The maximum absolute atomic E-state index is 11.4. The summed E-state index contributed by atoms with van der Waals surface area (Å²) in [6.45, 7) is 7.24. The number of aliphatic hydroxyl groups is 1. The van der Waals surface area contributed by atoms with E-state index in [9.17, 15) is 4.79 Å². The molecule has 0 aliphatic heterocycles. The maximum Gasteiger partial charge on any atom is 0.407 e. The Morgan fingerprint density at radius 1 is 1.44 bits per heavy atom. The average molecular weight is 247 g/mol. The van der Waals surface area contributed by atoms with Crippen LogP contribution in [0.5, 0.6) is 0 Å². The van der Waals surface area contributed by atoms with E-state index in [1.807, 2.05) is 20.8 Å². The van der Waals surface area contributed by atoms with Crippen LogP contribution in [0.3, 0.4) is 0 Å². The molecule has 0 radical (unpaired) electrons. The highest BCUT2D eigenvalue weighted by Gasteiger charge is 2.30. The second kappa shape index (κ2) is 5.19. The van der Waals surface area contributed by atoms with Crippen molar-refractivity contribution in [3.8, 4) is 0 Å². The van der Waals surface area contributed by atoms with Gasteiger partial charge in [-0.25, -0.2) is 4.79 Å². The normalized spacial score (nSPS) is 26.4. The smallest absolute Gasteiger partial charge is 0.407 e. The van der Waals surface area contributed by atoms with Crippen molar-refractivity contribution in [1.29, 1.82) is 0 Å². The van der Waals surface area contributed by atoms with Gasteiger partial charge in [-0.15, -0.1) is 0 Å². The van der Waals surface area contributed by atoms with Crippen molar-refractivity contribution in [1.82, 2.24) is 5.32 Å². The molecule has 2 N–H and O–H groups in total. The maximum atomic E-state index is 11.4. The first-order valence-electron chi connectivity index (χ1n) is 5.49. The van der Waals surface area contributed by atoms with Crippen LogP contribution in [0, 0.1) is 0 Å². The number of carbonyl (C=O) groups is 1. The van der Waals surface area contributed by atoms with Gasteiger partial charge in [0.15, 0.2) is 0 Å². The highest BCUT2D eigenvalue weighted by Crippen LogP contribution is 2.28. The number of alkyl carbamates (subject to hydrolysis) is 1. The molecular formula is C11H21NO3S. The largest absolute Gasteiger partial charge is 0.444 e. The Morgan fingerprint density at radius 2 is 2.00 bits per heavy atom. The fraction of sp³-hybridized carbons (Fsp3) is 0.818. The minimum atomic E-state index is -0.444. The second-order valence-electron chi connectivity index (χ2n) is 5.14. The van der Waals surface area contributed by atoms with E-state index in [2.05, 4.69) is 5.32 Å². The zero-order valence-electron chi connectivity index (χ0n) is 10.3. The molecule has 1 amide bonds. The summed E-state index contributed by atoms with van der Waals surface area (Å²) in [4.78, 5) is 11.4. The van der Waals surface area contributed by atoms with Gasteiger partial charge >= 0.3 is 6.09 Å². The Kier molecular flexibility index (Phi) is 4.38. The number of rotatable bonds is 2. The molecule has 1 fully saturated rings. The third-order valence-corrected chi connectivity index (χ3v) is 3.36. The predicted octanol–water partition coefficient (Wildman–Crippen LogP) is 2.22. The molecule has 0 aromatic rings. The number of nitrogens with one attached hydrogen (secondary N) is 1. The monoisotopic (exact) mass is 247 g/mol. The molecule has 1 saturated carbocycles. The summed E-state index contributed by atoms with van der Waals surface area (Å²) in [5.74, 6) is 0. The van der Waals surface area contributed by atoms with E-state index in [0.717, 1.165) is 24.2 Å². The molecule has 1 rings (SSSR count). The number of thiol groups is 1. The molecule has 0 unspecified atom stereocenters. The molecule has 0 heterocycles. The van der Waals surface area contributed by atoms with Crippen molar-refractivity contribution in [2.75, 3.05) is 0 Å². The number of amides is 1. The Labute approximate surface area is 100 Å². The van der Waals surface area contributed by atoms with Gasteiger partial charge in [0.1, 0.15) is 5.60 Å². The zero-order chi connectivity index (χ0) is 12.3. The van der Waals surface area contributed by atoms with Crippen molar-refractivity contribution in [2.24, 2.45) is 0 Å². The van der Waals surface area contributed by atoms with Gasteiger partial charge in [0, 0.05) is 11.3 Å². The van der Waals surface area contributed by atoms with Crippen LogP contribution in [0.15, 0.2) is 0 Å². The van der Waals surface area contributed by atoms with Crippen LogP contribution in [0.1, 0.15) is 40.5 Å². The highest BCUT2D eigenvalue weighted by atomic mass is 32.1. The van der Waals surface area contributed by atoms with Gasteiger partial charge in [0.2, 0.25) is 0 Å². The van der Waals surface area contributed by atoms with Crippen molar-refractivity contribution in [3.05, 3.63) is 0 Å². The van der Waals surface area contributed by atoms with Gasteiger partial charge in [0.05, 0.1) is 5.05 Å². The van der Waals surface area contributed by atoms with Crippen LogP contribution in [-0.4, -0.2) is 33.1 Å². The predicted molar refractivity (Wildman–Crippen MR) is 68.5 cm³/mol. The Hall–Kier alpha value is -0.550. The summed E-state index contributed by atoms with van der Waals surface area (Å²) in [5.41, 5.74) is -0.444. The van der Waals surface area contributed by atoms with Crippen LogP contribution in [-0.2, 0) is 4.74 Å². The van der Waals surface area contributed by atoms with Gasteiger partial charge in [0.25, 0.3) is 0 Å². The highest BCUT2D eigenvalue weighted by molar-refractivity contribution is 7.99. The molecule has 0 aromatic heterocycles. The van der Waals surface area contributed by atoms with Gasteiger partial charge in [-0.1, -0.05) is 0 Å². The van der Waals surface area contributed by atoms with Crippen molar-refractivity contribution >= 4 is 22.5 Å². The first kappa shape index (κ1) is 13.5. The minimum Gasteiger partial charge on any atom is -0.444 e. The first-order valence-corrected chi connectivity index (χ1v) is 6.45. The van der Waals surface area contributed by atoms with E-state index in [1.165, 1.54) is 0 Å². The van der Waals surface area contributed by atoms with E-state index < -0.39 is 5.60 Å². The summed E-state index contributed by atoms with van der Waals surface area (Å²) >= 11 is 0.983. The minimum absolute atomic E-state index is 0.201. The van der Waals surface area contributed by atoms with Crippen LogP contribution >= 0.6 is 11.4 Å². The van der Waals surface area contributed by atoms with Gasteiger partial charge in [-0.05, 0) is 40.5 Å². The molecule has 16 heavy (non-hydrogen) atoms. The molecule has 0 aromatic carbocycles. The summed E-state index contributed by atoms with van der Waals surface area (Å²) < 4.78 is 5.15. The summed E-state index contributed by atoms with van der Waals surface area (Å²) in [5, 5.41) is 12.8. The van der Waals surface area contributed by atoms with Crippen molar-refractivity contribution in [2.45, 2.75) is 57.4 Å². The number of ether oxygens (including phenoxy) is 1. The molecule has 1 aliphatic carbocycles. The lowest BCUT2D eigenvalue weighted by Gasteiger charge is -2.34. The summed E-state index contributed by atoms with van der Waals surface area (Å²) in [6, 6.07) is 0.201. The fourth-order valence-corrected chi connectivity index (χ4v) is 2.80. The van der Waals surface area contributed by atoms with Gasteiger partial charge in [-0.3, -0.25) is 0 Å². The third-order valence-electron chi connectivity index (χ3n) is 2.20. The standard InChI is InChI=1S/C11H21NO3S/c1-7(13)16-9-5-8(6-9)12-10(14)15-11(2,3)4/h8-9,13,16H,5-6H2,1-4H3,(H,12,14). The number of hydrogen-bond donors (Lipinski definition) is 3. The molecule has 94 valence electrons. The first-order chi connectivity index (χ1) is 7.26. The molecule has 0 atom stereocenters. The van der Waals surface area contributed by atoms with Gasteiger partial charge < -0.3 is 15.2 Å². The lowest BCUT2D eigenvalue weighted by atomic mass is 9.92. The van der Waals surface area contributed by atoms with Crippen LogP contribution in [0.2, 0.25) is 0 Å². The Balaban J connectivity index is 2.23. The van der Waals surface area contributed by atoms with E-state index in [1.54, 1.807) is 6.92 Å². The molecular weight excluding hydrogens is 226 g/mol. The lowest BCUT2D eigenvalue weighted by Crippen LogP contribution is -2.47. The summed E-state index contributed by atoms with van der Waals surface area (Å²) in [6.07, 6.45) is 1.48. The molecule has 0 saturated heterocycles. The van der Waals surface area contributed by atoms with Crippen LogP contribution < -0.4 is 5.32 Å². The number of carbonyl (C=O) groups excluding carboxylic acids is 1. The average Bonchev–Trinajstić information content (AvgIpc) is 1.95. The number of aliphatic hydroxyl groups excluding tert-OH is 1. The molecule has 5 heteroatoms. The molecule has 4 nitrogen and oxygen atoms in total. The Bertz CT molecular complexity index is 286. The van der Waals surface area contributed by atoms with E-state index in [-0.39, 0.29) is 12.1 Å².